The molecule has 0 aliphatic rings. The van der Waals surface area contributed by atoms with Crippen LogP contribution in [0.15, 0.2) is 21.1 Å². The summed E-state index contributed by atoms with van der Waals surface area (Å²) >= 11 is 5.96. The van der Waals surface area contributed by atoms with E-state index in [1.165, 1.54) is 12.1 Å². The molecule has 0 aliphatic heterocycles. The summed E-state index contributed by atoms with van der Waals surface area (Å²) < 4.78 is 13.5. The average molecular weight is 279 g/mol. The molecule has 0 spiro atoms. The molecule has 0 saturated carbocycles. The molecule has 0 bridgehead atoms. The molecule has 1 aromatic rings. The maximum Gasteiger partial charge on any atom is 0.152 e. The van der Waals surface area contributed by atoms with Gasteiger partial charge in [0.15, 0.2) is 5.82 Å². The summed E-state index contributed by atoms with van der Waals surface area (Å²) in [6, 6.07) is 4.89. The molecule has 0 aromatic heterocycles. The van der Waals surface area contributed by atoms with Gasteiger partial charge < -0.3 is 0 Å². The molecular formula is C7H2Br2FN. The van der Waals surface area contributed by atoms with Crippen LogP contribution in [0.2, 0.25) is 0 Å². The molecular weight excluding hydrogens is 277 g/mol. The van der Waals surface area contributed by atoms with E-state index in [0.29, 0.717) is 10.0 Å². The Morgan fingerprint density at radius 2 is 2.00 bits per heavy atom. The second-order valence-corrected chi connectivity index (χ2v) is 3.48. The highest BCUT2D eigenvalue weighted by Gasteiger charge is 2.07. The zero-order valence-electron chi connectivity index (χ0n) is 5.24. The van der Waals surface area contributed by atoms with Crippen molar-refractivity contribution in [3.8, 4) is 6.07 Å². The maximum atomic E-state index is 12.9. The predicted molar refractivity (Wildman–Crippen MR) is 46.5 cm³/mol. The monoisotopic (exact) mass is 277 g/mol. The lowest BCUT2D eigenvalue weighted by atomic mass is 10.2. The largest absolute Gasteiger partial charge is 0.204 e. The number of hydrogen-bond acceptors (Lipinski definition) is 1. The third-order valence-corrected chi connectivity index (χ3v) is 2.54. The Labute approximate surface area is 80.1 Å². The zero-order chi connectivity index (χ0) is 8.43. The predicted octanol–water partition coefficient (Wildman–Crippen LogP) is 3.22. The van der Waals surface area contributed by atoms with E-state index in [-0.39, 0.29) is 4.47 Å². The summed E-state index contributed by atoms with van der Waals surface area (Å²) in [7, 11) is 0. The second-order valence-electron chi connectivity index (χ2n) is 1.83. The van der Waals surface area contributed by atoms with Gasteiger partial charge in [-0.05, 0) is 44.0 Å². The number of halogens is 3. The number of hydrogen-bond donors (Lipinski definition) is 0. The van der Waals surface area contributed by atoms with E-state index >= 15 is 0 Å². The van der Waals surface area contributed by atoms with Gasteiger partial charge in [0.2, 0.25) is 0 Å². The first kappa shape index (κ1) is 8.69. The minimum absolute atomic E-state index is 0.203. The molecule has 0 atom stereocenters. The molecule has 11 heavy (non-hydrogen) atoms. The maximum absolute atomic E-state index is 12.9. The first-order valence-electron chi connectivity index (χ1n) is 2.70. The van der Waals surface area contributed by atoms with Gasteiger partial charge >= 0.3 is 0 Å². The molecule has 0 fully saturated rings. The lowest BCUT2D eigenvalue weighted by molar-refractivity contribution is 0.614. The Bertz CT molecular complexity index is 330. The van der Waals surface area contributed by atoms with Gasteiger partial charge in [-0.2, -0.15) is 5.26 Å². The van der Waals surface area contributed by atoms with Crippen molar-refractivity contribution >= 4 is 31.9 Å². The summed E-state index contributed by atoms with van der Waals surface area (Å²) in [5, 5.41) is 8.47. The van der Waals surface area contributed by atoms with E-state index in [0.717, 1.165) is 0 Å². The number of nitrogens with zero attached hydrogens (tertiary/aromatic N) is 1. The lowest BCUT2D eigenvalue weighted by Gasteiger charge is -1.97. The molecule has 0 saturated heterocycles. The molecule has 4 heteroatoms. The second kappa shape index (κ2) is 3.33. The smallest absolute Gasteiger partial charge is 0.152 e. The van der Waals surface area contributed by atoms with Crippen LogP contribution in [0.5, 0.6) is 0 Å². The van der Waals surface area contributed by atoms with Crippen molar-refractivity contribution in [3.63, 3.8) is 0 Å². The van der Waals surface area contributed by atoms with E-state index < -0.39 is 5.82 Å². The first-order chi connectivity index (χ1) is 5.16. The molecule has 0 heterocycles. The topological polar surface area (TPSA) is 23.8 Å². The van der Waals surface area contributed by atoms with Crippen molar-refractivity contribution in [3.05, 3.63) is 32.5 Å². The summed E-state index contributed by atoms with van der Waals surface area (Å²) in [6.45, 7) is 0. The van der Waals surface area contributed by atoms with Crippen molar-refractivity contribution in [1.29, 1.82) is 5.26 Å². The quantitative estimate of drug-likeness (QED) is 0.669. The van der Waals surface area contributed by atoms with Gasteiger partial charge in [-0.3, -0.25) is 0 Å². The summed E-state index contributed by atoms with van der Waals surface area (Å²) in [5.41, 5.74) is 0.297. The van der Waals surface area contributed by atoms with E-state index in [1.54, 1.807) is 0 Å². The number of rotatable bonds is 0. The standard InChI is InChI=1S/C7H2Br2FN/c8-5-2-1-4(3-11)6(9)7(5)10/h1-2H. The van der Waals surface area contributed by atoms with Crippen molar-refractivity contribution in [2.24, 2.45) is 0 Å². The fourth-order valence-corrected chi connectivity index (χ4v) is 1.64. The molecule has 0 aliphatic carbocycles. The Hall–Kier alpha value is -0.400. The molecule has 1 aromatic carbocycles. The minimum atomic E-state index is -0.441. The molecule has 0 N–H and O–H groups in total. The van der Waals surface area contributed by atoms with Gasteiger partial charge in [-0.15, -0.1) is 0 Å². The molecule has 1 rings (SSSR count). The zero-order valence-corrected chi connectivity index (χ0v) is 8.41. The first-order valence-corrected chi connectivity index (χ1v) is 4.29. The van der Waals surface area contributed by atoms with Crippen molar-refractivity contribution < 1.29 is 4.39 Å². The summed E-state index contributed by atoms with van der Waals surface area (Å²) in [5.74, 6) is -0.441. The Morgan fingerprint density at radius 1 is 1.36 bits per heavy atom. The normalized spacial score (nSPS) is 9.27. The molecule has 0 amide bonds. The number of nitriles is 1. The van der Waals surface area contributed by atoms with Crippen LogP contribution in [0, 0.1) is 17.1 Å². The van der Waals surface area contributed by atoms with E-state index in [1.807, 2.05) is 6.07 Å². The Balaban J connectivity index is 3.40. The van der Waals surface area contributed by atoms with Crippen molar-refractivity contribution in [2.75, 3.05) is 0 Å². The molecule has 1 nitrogen and oxygen atoms in total. The minimum Gasteiger partial charge on any atom is -0.204 e. The molecule has 56 valence electrons. The van der Waals surface area contributed by atoms with Crippen LogP contribution in [0.4, 0.5) is 4.39 Å². The Morgan fingerprint density at radius 3 is 2.55 bits per heavy atom. The summed E-state index contributed by atoms with van der Waals surface area (Å²) in [4.78, 5) is 0. The van der Waals surface area contributed by atoms with Gasteiger partial charge in [0, 0.05) is 0 Å². The SMILES string of the molecule is N#Cc1ccc(Br)c(F)c1Br. The third kappa shape index (κ3) is 1.60. The van der Waals surface area contributed by atoms with Gasteiger partial charge in [-0.1, -0.05) is 0 Å². The molecule has 0 radical (unpaired) electrons. The van der Waals surface area contributed by atoms with Gasteiger partial charge in [0.25, 0.3) is 0 Å². The highest BCUT2D eigenvalue weighted by Crippen LogP contribution is 2.26. The van der Waals surface area contributed by atoms with Gasteiger partial charge in [0.1, 0.15) is 6.07 Å². The van der Waals surface area contributed by atoms with Crippen LogP contribution >= 0.6 is 31.9 Å². The van der Waals surface area contributed by atoms with Crippen LogP contribution < -0.4 is 0 Å². The third-order valence-electron chi connectivity index (χ3n) is 1.16. The van der Waals surface area contributed by atoms with E-state index in [4.69, 9.17) is 5.26 Å². The fraction of sp³-hybridized carbons (Fsp3) is 0. The van der Waals surface area contributed by atoms with Crippen LogP contribution in [-0.4, -0.2) is 0 Å². The highest BCUT2D eigenvalue weighted by atomic mass is 79.9. The van der Waals surface area contributed by atoms with Gasteiger partial charge in [-0.25, -0.2) is 4.39 Å². The Kier molecular flexibility index (Phi) is 2.63. The number of benzene rings is 1. The van der Waals surface area contributed by atoms with E-state index in [2.05, 4.69) is 31.9 Å². The van der Waals surface area contributed by atoms with Gasteiger partial charge in [0.05, 0.1) is 14.5 Å². The molecule has 0 unspecified atom stereocenters. The van der Waals surface area contributed by atoms with Crippen molar-refractivity contribution in [1.82, 2.24) is 0 Å². The van der Waals surface area contributed by atoms with Crippen LogP contribution in [0.1, 0.15) is 5.56 Å². The highest BCUT2D eigenvalue weighted by molar-refractivity contribution is 9.11. The van der Waals surface area contributed by atoms with Crippen LogP contribution in [0.3, 0.4) is 0 Å². The fourth-order valence-electron chi connectivity index (χ4n) is 0.612. The van der Waals surface area contributed by atoms with E-state index in [9.17, 15) is 4.39 Å². The average Bonchev–Trinajstić information content (AvgIpc) is 2.01. The lowest BCUT2D eigenvalue weighted by Crippen LogP contribution is -1.84. The van der Waals surface area contributed by atoms with Crippen LogP contribution in [-0.2, 0) is 0 Å². The summed E-state index contributed by atoms with van der Waals surface area (Å²) in [6.07, 6.45) is 0. The van der Waals surface area contributed by atoms with Crippen LogP contribution in [0.25, 0.3) is 0 Å². The van der Waals surface area contributed by atoms with Crippen molar-refractivity contribution in [2.45, 2.75) is 0 Å².